The Balaban J connectivity index is 0.000000222. The van der Waals surface area contributed by atoms with Gasteiger partial charge in [-0.1, -0.05) is 36.4 Å². The van der Waals surface area contributed by atoms with Crippen molar-refractivity contribution >= 4 is 33.1 Å². The van der Waals surface area contributed by atoms with E-state index in [1.165, 1.54) is 0 Å². The molecule has 0 aliphatic carbocycles. The Morgan fingerprint density at radius 3 is 0.875 bits per heavy atom. The topological polar surface area (TPSA) is 0 Å². The van der Waals surface area contributed by atoms with Crippen molar-refractivity contribution in [2.24, 2.45) is 0 Å². The molecule has 0 aliphatic heterocycles. The van der Waals surface area contributed by atoms with Crippen LogP contribution in [-0.4, -0.2) is 0 Å². The summed E-state index contributed by atoms with van der Waals surface area (Å²) >= 11 is 4.87. The molecule has 0 bridgehead atoms. The maximum atomic E-state index is 2.91. The molecule has 0 aliphatic rings. The van der Waals surface area contributed by atoms with Gasteiger partial charge in [0.2, 0.25) is 0 Å². The molecule has 0 fully saturated rings. The molecule has 8 heavy (non-hydrogen) atoms. The molecule has 1 rings (SSSR count). The number of halogens is 2. The third-order valence-electron chi connectivity index (χ3n) is 0.667. The second kappa shape index (κ2) is 7.43. The molecule has 0 atom stereocenters. The first-order chi connectivity index (χ1) is 4.00. The highest BCUT2D eigenvalue weighted by Gasteiger charge is 1.57. The summed E-state index contributed by atoms with van der Waals surface area (Å²) in [6, 6.07) is 12.0. The Hall–Kier alpha value is 0.430. The van der Waals surface area contributed by atoms with Crippen molar-refractivity contribution in [2.45, 2.75) is 0 Å². The SMILES string of the molecule is BrI.c1ccccc1. The summed E-state index contributed by atoms with van der Waals surface area (Å²) in [6.45, 7) is 0. The van der Waals surface area contributed by atoms with E-state index in [0.29, 0.717) is 0 Å². The molecule has 0 N–H and O–H groups in total. The second-order valence-corrected chi connectivity index (χ2v) is 1.15. The van der Waals surface area contributed by atoms with Crippen molar-refractivity contribution in [1.29, 1.82) is 0 Å². The van der Waals surface area contributed by atoms with Crippen LogP contribution in [0.15, 0.2) is 36.4 Å². The maximum absolute atomic E-state index is 2.91. The van der Waals surface area contributed by atoms with Crippen LogP contribution in [0.3, 0.4) is 0 Å². The average Bonchev–Trinajstić information content (AvgIpc) is 1.96. The van der Waals surface area contributed by atoms with Gasteiger partial charge < -0.3 is 0 Å². The molecule has 0 unspecified atom stereocenters. The summed E-state index contributed by atoms with van der Waals surface area (Å²) in [5, 5.41) is 0. The summed E-state index contributed by atoms with van der Waals surface area (Å²) in [4.78, 5) is 0. The normalized spacial score (nSPS) is 6.75. The van der Waals surface area contributed by atoms with Gasteiger partial charge in [-0.05, 0) is 12.7 Å². The quantitative estimate of drug-likeness (QED) is 0.641. The summed E-state index contributed by atoms with van der Waals surface area (Å²) in [7, 11) is 0. The fourth-order valence-corrected chi connectivity index (χ4v) is 0.385. The predicted molar refractivity (Wildman–Crippen MR) is 49.4 cm³/mol. The van der Waals surface area contributed by atoms with Crippen LogP contribution >= 0.6 is 33.1 Å². The molecule has 0 aromatic heterocycles. The smallest absolute Gasteiger partial charge is 0.00711 e. The van der Waals surface area contributed by atoms with Gasteiger partial charge in [-0.2, -0.15) is 0 Å². The van der Waals surface area contributed by atoms with Crippen molar-refractivity contribution in [2.75, 3.05) is 0 Å². The van der Waals surface area contributed by atoms with Crippen LogP contribution in [-0.2, 0) is 0 Å². The molecule has 44 valence electrons. The van der Waals surface area contributed by atoms with E-state index in [1.807, 2.05) is 56.8 Å². The third kappa shape index (κ3) is 4.59. The molecule has 0 radical (unpaired) electrons. The lowest BCUT2D eigenvalue weighted by molar-refractivity contribution is 1.72. The standard InChI is InChI=1S/C6H6.BrI/c1-2-4-6-5-3-1;1-2/h1-6H;. The van der Waals surface area contributed by atoms with Crippen molar-refractivity contribution in [3.8, 4) is 0 Å². The van der Waals surface area contributed by atoms with Gasteiger partial charge in [0.1, 0.15) is 0 Å². The van der Waals surface area contributed by atoms with E-state index in [4.69, 9.17) is 0 Å². The Bertz CT molecular complexity index is 80.5. The van der Waals surface area contributed by atoms with Gasteiger partial charge in [0, 0.05) is 20.4 Å². The molecule has 0 saturated heterocycles. The Morgan fingerprint density at radius 1 is 0.625 bits per heavy atom. The highest BCUT2D eigenvalue weighted by molar-refractivity contribution is 14.2. The van der Waals surface area contributed by atoms with E-state index in [-0.39, 0.29) is 0 Å². The van der Waals surface area contributed by atoms with Gasteiger partial charge in [0.15, 0.2) is 0 Å². The van der Waals surface area contributed by atoms with E-state index in [0.717, 1.165) is 0 Å². The minimum absolute atomic E-state index is 1.96. The summed E-state index contributed by atoms with van der Waals surface area (Å²) in [6.07, 6.45) is 0. The van der Waals surface area contributed by atoms with E-state index in [1.54, 1.807) is 0 Å². The van der Waals surface area contributed by atoms with Gasteiger partial charge in [-0.3, -0.25) is 0 Å². The zero-order valence-electron chi connectivity index (χ0n) is 4.22. The lowest BCUT2D eigenvalue weighted by Gasteiger charge is -1.69. The van der Waals surface area contributed by atoms with Crippen LogP contribution in [0, 0.1) is 0 Å². The first-order valence-corrected chi connectivity index (χ1v) is 6.98. The van der Waals surface area contributed by atoms with E-state index >= 15 is 0 Å². The minimum Gasteiger partial charge on any atom is -0.0623 e. The number of hydrogen-bond donors (Lipinski definition) is 0. The lowest BCUT2D eigenvalue weighted by Crippen LogP contribution is -1.47. The average molecular weight is 285 g/mol. The van der Waals surface area contributed by atoms with Gasteiger partial charge >= 0.3 is 0 Å². The number of hydrogen-bond acceptors (Lipinski definition) is 0. The molecule has 1 aromatic rings. The summed E-state index contributed by atoms with van der Waals surface area (Å²) < 4.78 is 0. The van der Waals surface area contributed by atoms with Gasteiger partial charge in [-0.25, -0.2) is 0 Å². The van der Waals surface area contributed by atoms with Crippen LogP contribution < -0.4 is 0 Å². The molecule has 1 aromatic carbocycles. The molecule has 0 heterocycles. The molecule has 2 heteroatoms. The molecule has 0 nitrogen and oxygen atoms in total. The van der Waals surface area contributed by atoms with Crippen LogP contribution in [0.25, 0.3) is 0 Å². The van der Waals surface area contributed by atoms with Crippen LogP contribution in [0.4, 0.5) is 0 Å². The van der Waals surface area contributed by atoms with E-state index in [9.17, 15) is 0 Å². The summed E-state index contributed by atoms with van der Waals surface area (Å²) in [5.41, 5.74) is 0. The van der Waals surface area contributed by atoms with Crippen LogP contribution in [0.1, 0.15) is 0 Å². The van der Waals surface area contributed by atoms with Crippen molar-refractivity contribution in [3.63, 3.8) is 0 Å². The van der Waals surface area contributed by atoms with Crippen molar-refractivity contribution in [3.05, 3.63) is 36.4 Å². The second-order valence-electron chi connectivity index (χ2n) is 1.15. The number of benzene rings is 1. The fraction of sp³-hybridized carbons (Fsp3) is 0. The predicted octanol–water partition coefficient (Wildman–Crippen LogP) is 3.42. The zero-order chi connectivity index (χ0) is 6.24. The molecule has 0 saturated carbocycles. The minimum atomic E-state index is 1.96. The van der Waals surface area contributed by atoms with Gasteiger partial charge in [0.25, 0.3) is 0 Å². The monoisotopic (exact) mass is 284 g/mol. The van der Waals surface area contributed by atoms with Gasteiger partial charge in [-0.15, -0.1) is 0 Å². The van der Waals surface area contributed by atoms with Crippen molar-refractivity contribution in [1.82, 2.24) is 0 Å². The van der Waals surface area contributed by atoms with E-state index in [2.05, 4.69) is 12.7 Å². The largest absolute Gasteiger partial charge is 0.0623 e. The first kappa shape index (κ1) is 8.43. The van der Waals surface area contributed by atoms with Crippen LogP contribution in [0.5, 0.6) is 0 Å². The maximum Gasteiger partial charge on any atom is 0.00711 e. The van der Waals surface area contributed by atoms with Gasteiger partial charge in [0.05, 0.1) is 0 Å². The summed E-state index contributed by atoms with van der Waals surface area (Å²) in [5.74, 6) is 0. The number of rotatable bonds is 0. The Morgan fingerprint density at radius 2 is 0.750 bits per heavy atom. The zero-order valence-corrected chi connectivity index (χ0v) is 7.96. The third-order valence-corrected chi connectivity index (χ3v) is 0.667. The molecular weight excluding hydrogens is 279 g/mol. The first-order valence-electron chi connectivity index (χ1n) is 2.14. The fourth-order valence-electron chi connectivity index (χ4n) is 0.385. The van der Waals surface area contributed by atoms with Crippen molar-refractivity contribution < 1.29 is 0 Å². The Kier molecular flexibility index (Phi) is 7.83. The lowest BCUT2D eigenvalue weighted by atomic mass is 10.4. The highest BCUT2D eigenvalue weighted by atomic mass is 127. The Labute approximate surface area is 69.2 Å². The molecule has 0 amide bonds. The van der Waals surface area contributed by atoms with E-state index < -0.39 is 0 Å². The molecular formula is C6H6BrI. The molecule has 0 spiro atoms. The van der Waals surface area contributed by atoms with Crippen LogP contribution in [0.2, 0.25) is 0 Å². The highest BCUT2D eigenvalue weighted by Crippen LogP contribution is 1.87.